The summed E-state index contributed by atoms with van der Waals surface area (Å²) in [6, 6.07) is 8.39. The smallest absolute Gasteiger partial charge is 0.256 e. The molecule has 25 heavy (non-hydrogen) atoms. The van der Waals surface area contributed by atoms with Gasteiger partial charge in [0.1, 0.15) is 11.1 Å². The molecule has 0 bridgehead atoms. The number of fused-ring (bicyclic) bond motifs is 2. The van der Waals surface area contributed by atoms with E-state index in [1.807, 2.05) is 12.1 Å². The molecule has 128 valence electrons. The van der Waals surface area contributed by atoms with Crippen LogP contribution in [0.15, 0.2) is 18.2 Å². The summed E-state index contributed by atoms with van der Waals surface area (Å²) in [7, 11) is 0. The van der Waals surface area contributed by atoms with Crippen LogP contribution in [0.4, 0.5) is 5.00 Å². The number of carbonyl (C=O) groups is 1. The first-order chi connectivity index (χ1) is 12.3. The molecule has 4 heteroatoms. The Morgan fingerprint density at radius 2 is 1.76 bits per heavy atom. The number of nitrogens with one attached hydrogen (secondary N) is 1. The minimum atomic E-state index is -0.0960. The van der Waals surface area contributed by atoms with Gasteiger partial charge in [0.25, 0.3) is 5.91 Å². The standard InChI is InChI=1S/C21H22N2OS/c22-13-18-17-8-2-1-3-9-19(17)25-21(18)23-20(24)16-11-10-14-6-4-5-7-15(14)12-16/h10-12H,1-9H2,(H,23,24). The van der Waals surface area contributed by atoms with E-state index in [4.69, 9.17) is 0 Å². The number of aryl methyl sites for hydroxylation is 3. The van der Waals surface area contributed by atoms with Gasteiger partial charge in [-0.3, -0.25) is 4.79 Å². The second-order valence-electron chi connectivity index (χ2n) is 7.03. The van der Waals surface area contributed by atoms with Gasteiger partial charge >= 0.3 is 0 Å². The van der Waals surface area contributed by atoms with E-state index in [0.717, 1.165) is 37.1 Å². The summed E-state index contributed by atoms with van der Waals surface area (Å²) in [5.41, 5.74) is 5.25. The van der Waals surface area contributed by atoms with Crippen LogP contribution in [0.1, 0.15) is 69.6 Å². The first-order valence-electron chi connectivity index (χ1n) is 9.24. The van der Waals surface area contributed by atoms with Crippen LogP contribution in [0.3, 0.4) is 0 Å². The highest BCUT2D eigenvalue weighted by molar-refractivity contribution is 7.16. The van der Waals surface area contributed by atoms with Crippen LogP contribution >= 0.6 is 11.3 Å². The van der Waals surface area contributed by atoms with Crippen molar-refractivity contribution < 1.29 is 4.79 Å². The third-order valence-electron chi connectivity index (χ3n) is 5.37. The van der Waals surface area contributed by atoms with E-state index >= 15 is 0 Å². The molecule has 0 atom stereocenters. The van der Waals surface area contributed by atoms with Gasteiger partial charge in [-0.25, -0.2) is 0 Å². The zero-order chi connectivity index (χ0) is 17.2. The quantitative estimate of drug-likeness (QED) is 0.773. The molecule has 0 unspecified atom stereocenters. The Morgan fingerprint density at radius 3 is 2.60 bits per heavy atom. The molecule has 1 aromatic heterocycles. The molecule has 0 fully saturated rings. The van der Waals surface area contributed by atoms with Crippen LogP contribution in [0.25, 0.3) is 0 Å². The lowest BCUT2D eigenvalue weighted by atomic mass is 9.90. The SMILES string of the molecule is N#Cc1c(NC(=O)c2ccc3c(c2)CCCC3)sc2c1CCCCC2. The molecule has 0 aliphatic heterocycles. The van der Waals surface area contributed by atoms with Gasteiger partial charge in [0, 0.05) is 10.4 Å². The van der Waals surface area contributed by atoms with E-state index in [1.54, 1.807) is 11.3 Å². The molecule has 0 spiro atoms. The molecule has 2 aromatic rings. The van der Waals surface area contributed by atoms with Crippen molar-refractivity contribution in [3.63, 3.8) is 0 Å². The van der Waals surface area contributed by atoms with Crippen molar-refractivity contribution in [3.8, 4) is 6.07 Å². The molecule has 4 rings (SSSR count). The molecule has 3 nitrogen and oxygen atoms in total. The fraction of sp³-hybridized carbons (Fsp3) is 0.429. The van der Waals surface area contributed by atoms with Crippen LogP contribution in [-0.2, 0) is 25.7 Å². The molecule has 2 aliphatic carbocycles. The first-order valence-corrected chi connectivity index (χ1v) is 10.1. The van der Waals surface area contributed by atoms with Gasteiger partial charge in [-0.15, -0.1) is 11.3 Å². The summed E-state index contributed by atoms with van der Waals surface area (Å²) in [6.45, 7) is 0. The fourth-order valence-electron chi connectivity index (χ4n) is 4.00. The normalized spacial score (nSPS) is 16.3. The summed E-state index contributed by atoms with van der Waals surface area (Å²) in [5, 5.41) is 13.4. The van der Waals surface area contributed by atoms with Gasteiger partial charge in [0.05, 0.1) is 5.56 Å². The second-order valence-corrected chi connectivity index (χ2v) is 8.13. The molecular weight excluding hydrogens is 328 g/mol. The van der Waals surface area contributed by atoms with Crippen molar-refractivity contribution in [1.82, 2.24) is 0 Å². The zero-order valence-electron chi connectivity index (χ0n) is 14.4. The van der Waals surface area contributed by atoms with E-state index in [0.29, 0.717) is 11.1 Å². The summed E-state index contributed by atoms with van der Waals surface area (Å²) < 4.78 is 0. The average Bonchev–Trinajstić information content (AvgIpc) is 2.80. The predicted octanol–water partition coefficient (Wildman–Crippen LogP) is 5.02. The maximum absolute atomic E-state index is 12.7. The van der Waals surface area contributed by atoms with Gasteiger partial charge in [-0.2, -0.15) is 5.26 Å². The van der Waals surface area contributed by atoms with Gasteiger partial charge < -0.3 is 5.32 Å². The number of amides is 1. The number of hydrogen-bond acceptors (Lipinski definition) is 3. The van der Waals surface area contributed by atoms with E-state index in [-0.39, 0.29) is 5.91 Å². The molecule has 0 saturated heterocycles. The largest absolute Gasteiger partial charge is 0.312 e. The average molecular weight is 350 g/mol. The van der Waals surface area contributed by atoms with Crippen molar-refractivity contribution in [2.75, 3.05) is 5.32 Å². The number of carbonyl (C=O) groups excluding carboxylic acids is 1. The Labute approximate surface area is 152 Å². The molecule has 1 aromatic carbocycles. The molecule has 0 saturated carbocycles. The van der Waals surface area contributed by atoms with E-state index in [9.17, 15) is 10.1 Å². The van der Waals surface area contributed by atoms with Gasteiger partial charge in [-0.05, 0) is 80.2 Å². The molecule has 1 heterocycles. The highest BCUT2D eigenvalue weighted by Gasteiger charge is 2.21. The molecule has 1 amide bonds. The fourth-order valence-corrected chi connectivity index (χ4v) is 5.23. The Morgan fingerprint density at radius 1 is 1.00 bits per heavy atom. The summed E-state index contributed by atoms with van der Waals surface area (Å²) in [5.74, 6) is -0.0960. The summed E-state index contributed by atoms with van der Waals surface area (Å²) >= 11 is 1.60. The number of nitriles is 1. The highest BCUT2D eigenvalue weighted by Crippen LogP contribution is 2.37. The number of anilines is 1. The van der Waals surface area contributed by atoms with Crippen LogP contribution in [0.5, 0.6) is 0 Å². The minimum absolute atomic E-state index is 0.0960. The second kappa shape index (κ2) is 7.01. The Kier molecular flexibility index (Phi) is 4.59. The van der Waals surface area contributed by atoms with Crippen LogP contribution in [0, 0.1) is 11.3 Å². The van der Waals surface area contributed by atoms with E-state index < -0.39 is 0 Å². The minimum Gasteiger partial charge on any atom is -0.312 e. The third-order valence-corrected chi connectivity index (χ3v) is 6.58. The topological polar surface area (TPSA) is 52.9 Å². The number of benzene rings is 1. The number of nitrogens with zero attached hydrogens (tertiary/aromatic N) is 1. The Balaban J connectivity index is 1.60. The maximum atomic E-state index is 12.7. The summed E-state index contributed by atoms with van der Waals surface area (Å²) in [4.78, 5) is 14.0. The van der Waals surface area contributed by atoms with Gasteiger partial charge in [-0.1, -0.05) is 12.5 Å². The molecule has 0 radical (unpaired) electrons. The molecule has 1 N–H and O–H groups in total. The lowest BCUT2D eigenvalue weighted by Gasteiger charge is -2.16. The first kappa shape index (κ1) is 16.4. The number of rotatable bonds is 2. The van der Waals surface area contributed by atoms with E-state index in [2.05, 4.69) is 17.5 Å². The van der Waals surface area contributed by atoms with Gasteiger partial charge in [0.15, 0.2) is 0 Å². The summed E-state index contributed by atoms with van der Waals surface area (Å²) in [6.07, 6.45) is 10.2. The van der Waals surface area contributed by atoms with Crippen molar-refractivity contribution in [1.29, 1.82) is 5.26 Å². The molecule has 2 aliphatic rings. The maximum Gasteiger partial charge on any atom is 0.256 e. The van der Waals surface area contributed by atoms with Crippen molar-refractivity contribution in [2.24, 2.45) is 0 Å². The van der Waals surface area contributed by atoms with Crippen LogP contribution in [0.2, 0.25) is 0 Å². The number of hydrogen-bond donors (Lipinski definition) is 1. The lowest BCUT2D eigenvalue weighted by Crippen LogP contribution is -2.13. The van der Waals surface area contributed by atoms with Crippen molar-refractivity contribution in [3.05, 3.63) is 50.9 Å². The Hall–Kier alpha value is -2.12. The highest BCUT2D eigenvalue weighted by atomic mass is 32.1. The van der Waals surface area contributed by atoms with Crippen molar-refractivity contribution in [2.45, 2.75) is 57.8 Å². The number of thiophene rings is 1. The van der Waals surface area contributed by atoms with Crippen LogP contribution < -0.4 is 5.32 Å². The molecular formula is C21H22N2OS. The van der Waals surface area contributed by atoms with Gasteiger partial charge in [0.2, 0.25) is 0 Å². The Bertz CT molecular complexity index is 860. The third kappa shape index (κ3) is 3.21. The zero-order valence-corrected chi connectivity index (χ0v) is 15.2. The monoisotopic (exact) mass is 350 g/mol. The predicted molar refractivity (Wildman–Crippen MR) is 101 cm³/mol. The van der Waals surface area contributed by atoms with Crippen molar-refractivity contribution >= 4 is 22.2 Å². The lowest BCUT2D eigenvalue weighted by molar-refractivity contribution is 0.102. The van der Waals surface area contributed by atoms with Crippen LogP contribution in [-0.4, -0.2) is 5.91 Å². The van der Waals surface area contributed by atoms with E-state index in [1.165, 1.54) is 47.3 Å².